The number of nitrogens with zero attached hydrogens (tertiary/aromatic N) is 3. The number of aromatic amines is 1. The zero-order valence-corrected chi connectivity index (χ0v) is 16.3. The summed E-state index contributed by atoms with van der Waals surface area (Å²) in [5, 5.41) is 10.0. The van der Waals surface area contributed by atoms with Crippen molar-refractivity contribution in [2.45, 2.75) is 19.8 Å². The number of hydrogen-bond donors (Lipinski definition) is 2. The van der Waals surface area contributed by atoms with Crippen LogP contribution in [0.4, 0.5) is 5.69 Å². The summed E-state index contributed by atoms with van der Waals surface area (Å²) in [5.41, 5.74) is 3.68. The van der Waals surface area contributed by atoms with Crippen molar-refractivity contribution in [3.05, 3.63) is 66.0 Å². The first-order valence-corrected chi connectivity index (χ1v) is 9.74. The summed E-state index contributed by atoms with van der Waals surface area (Å²) in [7, 11) is 0. The quantitative estimate of drug-likeness (QED) is 0.716. The van der Waals surface area contributed by atoms with Crippen LogP contribution in [0.15, 0.2) is 54.7 Å². The highest BCUT2D eigenvalue weighted by molar-refractivity contribution is 5.95. The summed E-state index contributed by atoms with van der Waals surface area (Å²) in [6.07, 6.45) is 2.98. The normalized spacial score (nSPS) is 14.6. The minimum Gasteiger partial charge on any atom is -0.337 e. The van der Waals surface area contributed by atoms with Gasteiger partial charge in [-0.25, -0.2) is 0 Å². The second-order valence-corrected chi connectivity index (χ2v) is 7.25. The summed E-state index contributed by atoms with van der Waals surface area (Å²) in [6, 6.07) is 15.0. The Morgan fingerprint density at radius 3 is 2.55 bits per heavy atom. The number of aryl methyl sites for hydroxylation is 1. The number of likely N-dealkylation sites (tertiary alicyclic amines) is 1. The van der Waals surface area contributed by atoms with Crippen LogP contribution in [0.5, 0.6) is 0 Å². The molecule has 2 amide bonds. The molecule has 7 nitrogen and oxygen atoms in total. The van der Waals surface area contributed by atoms with Gasteiger partial charge in [0.2, 0.25) is 5.91 Å². The smallest absolute Gasteiger partial charge is 0.271 e. The van der Waals surface area contributed by atoms with Crippen LogP contribution in [-0.4, -0.2) is 45.0 Å². The van der Waals surface area contributed by atoms with E-state index in [-0.39, 0.29) is 17.7 Å². The molecular weight excluding hydrogens is 366 g/mol. The van der Waals surface area contributed by atoms with E-state index >= 15 is 0 Å². The summed E-state index contributed by atoms with van der Waals surface area (Å²) in [4.78, 5) is 31.4. The fourth-order valence-electron chi connectivity index (χ4n) is 3.54. The number of para-hydroxylation sites is 1. The Hall–Kier alpha value is -3.48. The third kappa shape index (κ3) is 4.18. The van der Waals surface area contributed by atoms with E-state index in [0.717, 1.165) is 16.9 Å². The molecule has 1 aromatic carbocycles. The number of piperidine rings is 1. The number of anilines is 1. The van der Waals surface area contributed by atoms with Crippen molar-refractivity contribution in [2.24, 2.45) is 5.92 Å². The molecule has 0 atom stereocenters. The number of nitrogens with one attached hydrogen (secondary N) is 2. The summed E-state index contributed by atoms with van der Waals surface area (Å²) in [6.45, 7) is 3.06. The van der Waals surface area contributed by atoms with Crippen molar-refractivity contribution in [1.82, 2.24) is 20.1 Å². The van der Waals surface area contributed by atoms with Crippen molar-refractivity contribution >= 4 is 17.5 Å². The molecule has 0 radical (unpaired) electrons. The average molecular weight is 389 g/mol. The number of carbonyl (C=O) groups excluding carboxylic acids is 2. The van der Waals surface area contributed by atoms with Crippen molar-refractivity contribution < 1.29 is 9.59 Å². The zero-order valence-electron chi connectivity index (χ0n) is 16.3. The van der Waals surface area contributed by atoms with Gasteiger partial charge in [-0.2, -0.15) is 5.10 Å². The van der Waals surface area contributed by atoms with Gasteiger partial charge in [0.15, 0.2) is 0 Å². The van der Waals surface area contributed by atoms with E-state index in [4.69, 9.17) is 0 Å². The van der Waals surface area contributed by atoms with E-state index in [2.05, 4.69) is 20.5 Å². The molecule has 0 spiro atoms. The first-order valence-electron chi connectivity index (χ1n) is 9.74. The van der Waals surface area contributed by atoms with Gasteiger partial charge in [-0.15, -0.1) is 0 Å². The van der Waals surface area contributed by atoms with Crippen LogP contribution in [0.3, 0.4) is 0 Å². The highest BCUT2D eigenvalue weighted by Gasteiger charge is 2.28. The Bertz CT molecular complexity index is 1010. The topological polar surface area (TPSA) is 91.0 Å². The largest absolute Gasteiger partial charge is 0.337 e. The van der Waals surface area contributed by atoms with Gasteiger partial charge < -0.3 is 10.2 Å². The second kappa shape index (κ2) is 8.26. The van der Waals surface area contributed by atoms with Crippen molar-refractivity contribution in [2.75, 3.05) is 18.4 Å². The number of carbonyl (C=O) groups is 2. The lowest BCUT2D eigenvalue weighted by Gasteiger charge is -2.31. The Balaban J connectivity index is 1.35. The monoisotopic (exact) mass is 389 g/mol. The van der Waals surface area contributed by atoms with E-state index in [9.17, 15) is 9.59 Å². The number of H-pyrrole nitrogens is 1. The fraction of sp³-hybridized carbons (Fsp3) is 0.273. The lowest BCUT2D eigenvalue weighted by Crippen LogP contribution is -2.41. The highest BCUT2D eigenvalue weighted by atomic mass is 16.2. The number of pyridine rings is 1. The molecule has 3 heterocycles. The Labute approximate surface area is 169 Å². The maximum Gasteiger partial charge on any atom is 0.271 e. The molecule has 29 heavy (non-hydrogen) atoms. The molecule has 2 N–H and O–H groups in total. The van der Waals surface area contributed by atoms with Gasteiger partial charge >= 0.3 is 0 Å². The first-order chi connectivity index (χ1) is 14.1. The van der Waals surface area contributed by atoms with Gasteiger partial charge in [-0.05, 0) is 49.6 Å². The number of rotatable bonds is 4. The van der Waals surface area contributed by atoms with Crippen LogP contribution in [0.25, 0.3) is 11.4 Å². The molecule has 148 valence electrons. The zero-order chi connectivity index (χ0) is 20.2. The number of benzene rings is 1. The van der Waals surface area contributed by atoms with Crippen LogP contribution in [-0.2, 0) is 4.79 Å². The van der Waals surface area contributed by atoms with Gasteiger partial charge in [-0.1, -0.05) is 24.3 Å². The maximum atomic E-state index is 12.8. The molecule has 1 aliphatic rings. The van der Waals surface area contributed by atoms with Gasteiger partial charge in [0.1, 0.15) is 11.4 Å². The summed E-state index contributed by atoms with van der Waals surface area (Å²) >= 11 is 0. The van der Waals surface area contributed by atoms with E-state index in [0.29, 0.717) is 37.3 Å². The summed E-state index contributed by atoms with van der Waals surface area (Å²) in [5.74, 6) is -0.174. The first kappa shape index (κ1) is 18.9. The van der Waals surface area contributed by atoms with Gasteiger partial charge in [0.25, 0.3) is 5.91 Å². The molecule has 7 heteroatoms. The van der Waals surface area contributed by atoms with E-state index in [1.54, 1.807) is 17.2 Å². The standard InChI is InChI=1S/C22H23N5O2/c1-15-6-2-3-7-17(15)24-21(28)16-9-12-27(13-10-16)22(29)20-14-19(25-26-20)18-8-4-5-11-23-18/h2-8,11,14,16H,9-10,12-13H2,1H3,(H,24,28)(H,25,26). The SMILES string of the molecule is Cc1ccccc1NC(=O)C1CCN(C(=O)c2cc(-c3ccccn3)n[nH]2)CC1. The van der Waals surface area contributed by atoms with Crippen LogP contribution in [0.1, 0.15) is 28.9 Å². The number of amides is 2. The number of hydrogen-bond acceptors (Lipinski definition) is 4. The second-order valence-electron chi connectivity index (χ2n) is 7.25. The number of aromatic nitrogens is 3. The van der Waals surface area contributed by atoms with Crippen LogP contribution in [0.2, 0.25) is 0 Å². The lowest BCUT2D eigenvalue weighted by atomic mass is 9.95. The Kier molecular flexibility index (Phi) is 5.37. The van der Waals surface area contributed by atoms with E-state index < -0.39 is 0 Å². The molecule has 1 fully saturated rings. The molecule has 4 rings (SSSR count). The van der Waals surface area contributed by atoms with Crippen molar-refractivity contribution in [3.8, 4) is 11.4 Å². The van der Waals surface area contributed by atoms with Crippen molar-refractivity contribution in [1.29, 1.82) is 0 Å². The van der Waals surface area contributed by atoms with Crippen LogP contribution >= 0.6 is 0 Å². The van der Waals surface area contributed by atoms with Crippen LogP contribution < -0.4 is 5.32 Å². The highest BCUT2D eigenvalue weighted by Crippen LogP contribution is 2.23. The predicted octanol–water partition coefficient (Wildman–Crippen LogP) is 3.27. The molecule has 2 aromatic heterocycles. The Morgan fingerprint density at radius 1 is 1.07 bits per heavy atom. The third-order valence-corrected chi connectivity index (χ3v) is 5.29. The molecule has 1 aliphatic heterocycles. The molecular formula is C22H23N5O2. The molecule has 0 saturated carbocycles. The lowest BCUT2D eigenvalue weighted by molar-refractivity contribution is -0.121. The molecule has 3 aromatic rings. The van der Waals surface area contributed by atoms with Gasteiger partial charge in [0.05, 0.1) is 5.69 Å². The molecule has 0 aliphatic carbocycles. The minimum atomic E-state index is -0.0996. The maximum absolute atomic E-state index is 12.8. The Morgan fingerprint density at radius 2 is 1.83 bits per heavy atom. The molecule has 1 saturated heterocycles. The minimum absolute atomic E-state index is 0.0189. The fourth-order valence-corrected chi connectivity index (χ4v) is 3.54. The predicted molar refractivity (Wildman–Crippen MR) is 110 cm³/mol. The van der Waals surface area contributed by atoms with Crippen molar-refractivity contribution in [3.63, 3.8) is 0 Å². The van der Waals surface area contributed by atoms with E-state index in [1.807, 2.05) is 49.4 Å². The summed E-state index contributed by atoms with van der Waals surface area (Å²) < 4.78 is 0. The van der Waals surface area contributed by atoms with Gasteiger partial charge in [-0.3, -0.25) is 19.7 Å². The van der Waals surface area contributed by atoms with Gasteiger partial charge in [0, 0.05) is 30.9 Å². The van der Waals surface area contributed by atoms with Crippen LogP contribution in [0, 0.1) is 12.8 Å². The molecule has 0 unspecified atom stereocenters. The third-order valence-electron chi connectivity index (χ3n) is 5.29. The average Bonchev–Trinajstić information content (AvgIpc) is 3.26. The van der Waals surface area contributed by atoms with E-state index in [1.165, 1.54) is 0 Å². The molecule has 0 bridgehead atoms.